The van der Waals surface area contributed by atoms with E-state index in [1.165, 1.54) is 19.4 Å². The standard InChI is InChI=1S/C17H12Cl2N2O4/c1-9(16(22)21-13-6-5-10(18)7-12(13)19)25-17(23)11-3-2-4-14-15(11)20-8-24-14/h2-9H,1H3,(H,21,22). The number of ether oxygens (including phenoxy) is 1. The maximum atomic E-state index is 12.3. The summed E-state index contributed by atoms with van der Waals surface area (Å²) >= 11 is 11.8. The molecule has 128 valence electrons. The van der Waals surface area contributed by atoms with Gasteiger partial charge in [-0.1, -0.05) is 29.3 Å². The molecule has 25 heavy (non-hydrogen) atoms. The Morgan fingerprint density at radius 1 is 1.24 bits per heavy atom. The van der Waals surface area contributed by atoms with Crippen molar-refractivity contribution < 1.29 is 18.7 Å². The average Bonchev–Trinajstić information content (AvgIpc) is 3.05. The Balaban J connectivity index is 1.70. The predicted octanol–water partition coefficient (Wildman–Crippen LogP) is 4.32. The molecule has 0 fully saturated rings. The molecule has 8 heteroatoms. The number of rotatable bonds is 4. The fourth-order valence-corrected chi connectivity index (χ4v) is 2.61. The smallest absolute Gasteiger partial charge is 0.341 e. The quantitative estimate of drug-likeness (QED) is 0.683. The van der Waals surface area contributed by atoms with Crippen LogP contribution in [-0.4, -0.2) is 23.0 Å². The maximum absolute atomic E-state index is 12.3. The third kappa shape index (κ3) is 3.75. The van der Waals surface area contributed by atoms with Crippen LogP contribution in [0.15, 0.2) is 47.2 Å². The van der Waals surface area contributed by atoms with Crippen molar-refractivity contribution in [2.75, 3.05) is 5.32 Å². The number of hydrogen-bond acceptors (Lipinski definition) is 5. The van der Waals surface area contributed by atoms with Gasteiger partial charge in [0, 0.05) is 5.02 Å². The van der Waals surface area contributed by atoms with Gasteiger partial charge in [-0.2, -0.15) is 0 Å². The van der Waals surface area contributed by atoms with E-state index in [-0.39, 0.29) is 10.6 Å². The highest BCUT2D eigenvalue weighted by molar-refractivity contribution is 6.36. The lowest BCUT2D eigenvalue weighted by Gasteiger charge is -2.14. The van der Waals surface area contributed by atoms with E-state index in [1.807, 2.05) is 0 Å². The zero-order chi connectivity index (χ0) is 18.0. The number of halogens is 2. The van der Waals surface area contributed by atoms with Crippen molar-refractivity contribution in [3.8, 4) is 0 Å². The summed E-state index contributed by atoms with van der Waals surface area (Å²) in [6.45, 7) is 1.46. The van der Waals surface area contributed by atoms with E-state index in [4.69, 9.17) is 32.4 Å². The molecule has 0 spiro atoms. The first-order chi connectivity index (χ1) is 12.0. The number of nitrogens with zero attached hydrogens (tertiary/aromatic N) is 1. The Hall–Kier alpha value is -2.57. The van der Waals surface area contributed by atoms with Crippen LogP contribution in [0.1, 0.15) is 17.3 Å². The highest BCUT2D eigenvalue weighted by Crippen LogP contribution is 2.25. The number of carbonyl (C=O) groups is 2. The minimum atomic E-state index is -1.04. The topological polar surface area (TPSA) is 81.4 Å². The minimum absolute atomic E-state index is 0.218. The Morgan fingerprint density at radius 2 is 2.04 bits per heavy atom. The van der Waals surface area contributed by atoms with Crippen LogP contribution in [0.5, 0.6) is 0 Å². The van der Waals surface area contributed by atoms with Gasteiger partial charge in [-0.05, 0) is 37.3 Å². The van der Waals surface area contributed by atoms with E-state index in [1.54, 1.807) is 30.3 Å². The molecule has 2 aromatic carbocycles. The molecule has 1 amide bonds. The molecule has 0 aliphatic carbocycles. The lowest BCUT2D eigenvalue weighted by molar-refractivity contribution is -0.123. The summed E-state index contributed by atoms with van der Waals surface area (Å²) in [5.74, 6) is -1.20. The van der Waals surface area contributed by atoms with Crippen molar-refractivity contribution in [2.24, 2.45) is 0 Å². The predicted molar refractivity (Wildman–Crippen MR) is 94.0 cm³/mol. The Bertz CT molecular complexity index is 955. The number of esters is 1. The zero-order valence-corrected chi connectivity index (χ0v) is 14.5. The number of anilines is 1. The van der Waals surface area contributed by atoms with E-state index in [2.05, 4.69) is 10.3 Å². The van der Waals surface area contributed by atoms with Crippen LogP contribution in [0.2, 0.25) is 10.0 Å². The molecular formula is C17H12Cl2N2O4. The normalized spacial score (nSPS) is 12.0. The zero-order valence-electron chi connectivity index (χ0n) is 13.0. The molecular weight excluding hydrogens is 367 g/mol. The number of oxazole rings is 1. The molecule has 0 radical (unpaired) electrons. The van der Waals surface area contributed by atoms with Crippen molar-refractivity contribution in [2.45, 2.75) is 13.0 Å². The summed E-state index contributed by atoms with van der Waals surface area (Å²) in [5, 5.41) is 3.32. The van der Waals surface area contributed by atoms with Gasteiger partial charge in [-0.3, -0.25) is 4.79 Å². The molecule has 0 bridgehead atoms. The number of amides is 1. The van der Waals surface area contributed by atoms with E-state index < -0.39 is 18.0 Å². The van der Waals surface area contributed by atoms with Crippen LogP contribution in [0.4, 0.5) is 5.69 Å². The second-order valence-electron chi connectivity index (χ2n) is 5.17. The van der Waals surface area contributed by atoms with Crippen LogP contribution in [0.3, 0.4) is 0 Å². The van der Waals surface area contributed by atoms with E-state index >= 15 is 0 Å². The summed E-state index contributed by atoms with van der Waals surface area (Å²) in [5.41, 5.74) is 1.42. The summed E-state index contributed by atoms with van der Waals surface area (Å²) in [6, 6.07) is 9.52. The van der Waals surface area contributed by atoms with E-state index in [0.29, 0.717) is 21.8 Å². The summed E-state index contributed by atoms with van der Waals surface area (Å²) in [6.07, 6.45) is 0.196. The molecule has 0 aliphatic rings. The molecule has 0 saturated carbocycles. The monoisotopic (exact) mass is 378 g/mol. The van der Waals surface area contributed by atoms with E-state index in [9.17, 15) is 9.59 Å². The second kappa shape index (κ2) is 7.13. The molecule has 1 atom stereocenters. The van der Waals surface area contributed by atoms with Crippen LogP contribution < -0.4 is 5.32 Å². The SMILES string of the molecule is CC(OC(=O)c1cccc2ocnc12)C(=O)Nc1ccc(Cl)cc1Cl. The Labute approximate surface area is 152 Å². The van der Waals surface area contributed by atoms with Crippen molar-refractivity contribution in [3.05, 3.63) is 58.4 Å². The fraction of sp³-hybridized carbons (Fsp3) is 0.118. The van der Waals surface area contributed by atoms with Gasteiger partial charge in [0.05, 0.1) is 16.3 Å². The number of para-hydroxylation sites is 1. The second-order valence-corrected chi connectivity index (χ2v) is 6.01. The summed E-state index contributed by atoms with van der Waals surface area (Å²) in [4.78, 5) is 28.5. The van der Waals surface area contributed by atoms with Crippen molar-refractivity contribution in [1.29, 1.82) is 0 Å². The molecule has 1 N–H and O–H groups in total. The van der Waals surface area contributed by atoms with Crippen molar-refractivity contribution >= 4 is 51.9 Å². The Kier molecular flexibility index (Phi) is 4.92. The molecule has 1 heterocycles. The molecule has 1 unspecified atom stereocenters. The molecule has 3 aromatic rings. The maximum Gasteiger partial charge on any atom is 0.341 e. The number of aromatic nitrogens is 1. The Morgan fingerprint density at radius 3 is 2.80 bits per heavy atom. The van der Waals surface area contributed by atoms with Crippen molar-refractivity contribution in [3.63, 3.8) is 0 Å². The van der Waals surface area contributed by atoms with Gasteiger partial charge in [0.25, 0.3) is 5.91 Å². The van der Waals surface area contributed by atoms with Gasteiger partial charge in [0.2, 0.25) is 0 Å². The number of carbonyl (C=O) groups excluding carboxylic acids is 2. The number of nitrogens with one attached hydrogen (secondary N) is 1. The first-order valence-electron chi connectivity index (χ1n) is 7.25. The van der Waals surface area contributed by atoms with Gasteiger partial charge >= 0.3 is 5.97 Å². The number of hydrogen-bond donors (Lipinski definition) is 1. The number of benzene rings is 2. The first kappa shape index (κ1) is 17.3. The van der Waals surface area contributed by atoms with Gasteiger partial charge in [-0.15, -0.1) is 0 Å². The van der Waals surface area contributed by atoms with Crippen LogP contribution in [0.25, 0.3) is 11.1 Å². The highest BCUT2D eigenvalue weighted by atomic mass is 35.5. The van der Waals surface area contributed by atoms with Gasteiger partial charge in [0.1, 0.15) is 5.52 Å². The highest BCUT2D eigenvalue weighted by Gasteiger charge is 2.22. The van der Waals surface area contributed by atoms with Crippen LogP contribution in [0, 0.1) is 0 Å². The van der Waals surface area contributed by atoms with Gasteiger partial charge in [-0.25, -0.2) is 9.78 Å². The third-order valence-electron chi connectivity index (χ3n) is 3.42. The van der Waals surface area contributed by atoms with E-state index in [0.717, 1.165) is 0 Å². The van der Waals surface area contributed by atoms with Crippen molar-refractivity contribution in [1.82, 2.24) is 4.98 Å². The fourth-order valence-electron chi connectivity index (χ4n) is 2.15. The summed E-state index contributed by atoms with van der Waals surface area (Å²) < 4.78 is 10.3. The van der Waals surface area contributed by atoms with Crippen LogP contribution in [-0.2, 0) is 9.53 Å². The molecule has 3 rings (SSSR count). The molecule has 6 nitrogen and oxygen atoms in total. The third-order valence-corrected chi connectivity index (χ3v) is 3.97. The van der Waals surface area contributed by atoms with Gasteiger partial charge in [0.15, 0.2) is 18.1 Å². The van der Waals surface area contributed by atoms with Crippen LogP contribution >= 0.6 is 23.2 Å². The largest absolute Gasteiger partial charge is 0.449 e. The molecule has 0 aliphatic heterocycles. The molecule has 0 saturated heterocycles. The number of fused-ring (bicyclic) bond motifs is 1. The minimum Gasteiger partial charge on any atom is -0.449 e. The lowest BCUT2D eigenvalue weighted by atomic mass is 10.2. The summed E-state index contributed by atoms with van der Waals surface area (Å²) in [7, 11) is 0. The lowest BCUT2D eigenvalue weighted by Crippen LogP contribution is -2.30. The molecule has 1 aromatic heterocycles. The average molecular weight is 379 g/mol. The van der Waals surface area contributed by atoms with Gasteiger partial charge < -0.3 is 14.5 Å². The first-order valence-corrected chi connectivity index (χ1v) is 8.00.